The lowest BCUT2D eigenvalue weighted by molar-refractivity contribution is 0.0869. The molecule has 0 spiro atoms. The number of amides is 1. The normalized spacial score (nSPS) is 11.2. The van der Waals surface area contributed by atoms with Gasteiger partial charge in [0.25, 0.3) is 5.91 Å². The molecule has 0 saturated carbocycles. The number of carbonyl (C=O) groups is 1. The molecule has 0 bridgehead atoms. The maximum Gasteiger partial charge on any atom is 0.253 e. The molecule has 1 amide bonds. The lowest BCUT2D eigenvalue weighted by Crippen LogP contribution is -2.46. The van der Waals surface area contributed by atoms with Gasteiger partial charge in [-0.15, -0.1) is 0 Å². The number of benzene rings is 2. The Hall–Kier alpha value is -1.84. The predicted molar refractivity (Wildman–Crippen MR) is 85.5 cm³/mol. The third kappa shape index (κ3) is 3.84. The SMILES string of the molecule is CC(C)(CO)NC(=O)c1cc(-c2ccccc2)ccc1Cl. The molecule has 2 aromatic rings. The summed E-state index contributed by atoms with van der Waals surface area (Å²) in [5.41, 5.74) is 1.65. The summed E-state index contributed by atoms with van der Waals surface area (Å²) < 4.78 is 0. The molecule has 3 nitrogen and oxygen atoms in total. The summed E-state index contributed by atoms with van der Waals surface area (Å²) in [6.07, 6.45) is 0. The van der Waals surface area contributed by atoms with E-state index < -0.39 is 5.54 Å². The highest BCUT2D eigenvalue weighted by molar-refractivity contribution is 6.34. The number of hydrogen-bond acceptors (Lipinski definition) is 2. The fraction of sp³-hybridized carbons (Fsp3) is 0.235. The molecular weight excluding hydrogens is 286 g/mol. The zero-order valence-electron chi connectivity index (χ0n) is 12.1. The second-order valence-corrected chi connectivity index (χ2v) is 5.96. The molecule has 2 aromatic carbocycles. The smallest absolute Gasteiger partial charge is 0.253 e. The Kier molecular flexibility index (Phi) is 4.66. The monoisotopic (exact) mass is 303 g/mol. The summed E-state index contributed by atoms with van der Waals surface area (Å²) in [7, 11) is 0. The number of aliphatic hydroxyl groups excluding tert-OH is 1. The number of nitrogens with one attached hydrogen (secondary N) is 1. The van der Waals surface area contributed by atoms with Crippen LogP contribution in [0.15, 0.2) is 48.5 Å². The first-order valence-electron chi connectivity index (χ1n) is 6.71. The van der Waals surface area contributed by atoms with E-state index in [-0.39, 0.29) is 12.5 Å². The van der Waals surface area contributed by atoms with Crippen LogP contribution in [-0.2, 0) is 0 Å². The van der Waals surface area contributed by atoms with E-state index >= 15 is 0 Å². The van der Waals surface area contributed by atoms with Gasteiger partial charge in [0.05, 0.1) is 22.7 Å². The second kappa shape index (κ2) is 6.29. The van der Waals surface area contributed by atoms with Gasteiger partial charge in [0.1, 0.15) is 0 Å². The van der Waals surface area contributed by atoms with Crippen molar-refractivity contribution in [1.82, 2.24) is 5.32 Å². The van der Waals surface area contributed by atoms with Crippen molar-refractivity contribution >= 4 is 17.5 Å². The Labute approximate surface area is 129 Å². The van der Waals surface area contributed by atoms with E-state index in [2.05, 4.69) is 5.32 Å². The van der Waals surface area contributed by atoms with E-state index in [1.807, 2.05) is 36.4 Å². The van der Waals surface area contributed by atoms with Gasteiger partial charge in [0, 0.05) is 0 Å². The summed E-state index contributed by atoms with van der Waals surface area (Å²) in [6.45, 7) is 3.36. The molecular formula is C17H18ClNO2. The number of rotatable bonds is 4. The molecule has 4 heteroatoms. The van der Waals surface area contributed by atoms with Gasteiger partial charge in [-0.05, 0) is 37.1 Å². The van der Waals surface area contributed by atoms with Crippen molar-refractivity contribution in [3.05, 3.63) is 59.1 Å². The van der Waals surface area contributed by atoms with Crippen LogP contribution < -0.4 is 5.32 Å². The summed E-state index contributed by atoms with van der Waals surface area (Å²) in [4.78, 5) is 12.3. The molecule has 0 radical (unpaired) electrons. The van der Waals surface area contributed by atoms with Crippen LogP contribution in [0.5, 0.6) is 0 Å². The Bertz CT molecular complexity index is 638. The van der Waals surface area contributed by atoms with Crippen LogP contribution in [-0.4, -0.2) is 23.2 Å². The van der Waals surface area contributed by atoms with Crippen molar-refractivity contribution in [1.29, 1.82) is 0 Å². The molecule has 0 aliphatic heterocycles. The molecule has 0 aliphatic rings. The van der Waals surface area contributed by atoms with Gasteiger partial charge in [0.15, 0.2) is 0 Å². The van der Waals surface area contributed by atoms with E-state index in [0.29, 0.717) is 10.6 Å². The predicted octanol–water partition coefficient (Wildman–Crippen LogP) is 3.51. The first-order valence-corrected chi connectivity index (χ1v) is 7.09. The Morgan fingerprint density at radius 1 is 1.14 bits per heavy atom. The van der Waals surface area contributed by atoms with Crippen molar-refractivity contribution in [3.8, 4) is 11.1 Å². The third-order valence-electron chi connectivity index (χ3n) is 3.17. The lowest BCUT2D eigenvalue weighted by atomic mass is 10.0. The second-order valence-electron chi connectivity index (χ2n) is 5.56. The summed E-state index contributed by atoms with van der Waals surface area (Å²) in [5, 5.41) is 12.4. The Morgan fingerprint density at radius 2 is 1.81 bits per heavy atom. The van der Waals surface area contributed by atoms with E-state index in [1.165, 1.54) is 0 Å². The van der Waals surface area contributed by atoms with Gasteiger partial charge in [-0.25, -0.2) is 0 Å². The van der Waals surface area contributed by atoms with E-state index in [4.69, 9.17) is 11.6 Å². The van der Waals surface area contributed by atoms with Crippen LogP contribution in [0, 0.1) is 0 Å². The molecule has 2 rings (SSSR count). The minimum Gasteiger partial charge on any atom is -0.394 e. The van der Waals surface area contributed by atoms with Crippen molar-refractivity contribution in [3.63, 3.8) is 0 Å². The number of hydrogen-bond donors (Lipinski definition) is 2. The van der Waals surface area contributed by atoms with Crippen LogP contribution in [0.3, 0.4) is 0 Å². The topological polar surface area (TPSA) is 49.3 Å². The standard InChI is InChI=1S/C17H18ClNO2/c1-17(2,11-20)19-16(21)14-10-13(8-9-15(14)18)12-6-4-3-5-7-12/h3-10,20H,11H2,1-2H3,(H,19,21). The molecule has 110 valence electrons. The van der Waals surface area contributed by atoms with Gasteiger partial charge in [0.2, 0.25) is 0 Å². The molecule has 21 heavy (non-hydrogen) atoms. The van der Waals surface area contributed by atoms with Crippen LogP contribution >= 0.6 is 11.6 Å². The molecule has 0 unspecified atom stereocenters. The first kappa shape index (κ1) is 15.5. The molecule has 0 aromatic heterocycles. The van der Waals surface area contributed by atoms with Gasteiger partial charge >= 0.3 is 0 Å². The van der Waals surface area contributed by atoms with E-state index in [1.54, 1.807) is 26.0 Å². The maximum atomic E-state index is 12.3. The maximum absolute atomic E-state index is 12.3. The zero-order valence-corrected chi connectivity index (χ0v) is 12.8. The highest BCUT2D eigenvalue weighted by atomic mass is 35.5. The van der Waals surface area contributed by atoms with Crippen LogP contribution in [0.4, 0.5) is 0 Å². The van der Waals surface area contributed by atoms with Crippen molar-refractivity contribution in [2.24, 2.45) is 0 Å². The first-order chi connectivity index (χ1) is 9.93. The molecule has 0 atom stereocenters. The lowest BCUT2D eigenvalue weighted by Gasteiger charge is -2.23. The van der Waals surface area contributed by atoms with Crippen LogP contribution in [0.2, 0.25) is 5.02 Å². The Balaban J connectivity index is 2.34. The average molecular weight is 304 g/mol. The largest absolute Gasteiger partial charge is 0.394 e. The molecule has 2 N–H and O–H groups in total. The summed E-state index contributed by atoms with van der Waals surface area (Å²) in [5.74, 6) is -0.295. The number of aliphatic hydroxyl groups is 1. The van der Waals surface area contributed by atoms with Gasteiger partial charge in [-0.1, -0.05) is 48.0 Å². The quantitative estimate of drug-likeness (QED) is 0.908. The van der Waals surface area contributed by atoms with Gasteiger partial charge < -0.3 is 10.4 Å². The van der Waals surface area contributed by atoms with Crippen molar-refractivity contribution in [2.45, 2.75) is 19.4 Å². The number of carbonyl (C=O) groups excluding carboxylic acids is 1. The average Bonchev–Trinajstić information content (AvgIpc) is 2.48. The van der Waals surface area contributed by atoms with Crippen LogP contribution in [0.1, 0.15) is 24.2 Å². The minimum atomic E-state index is -0.691. The highest BCUT2D eigenvalue weighted by Crippen LogP contribution is 2.25. The highest BCUT2D eigenvalue weighted by Gasteiger charge is 2.21. The van der Waals surface area contributed by atoms with Gasteiger partial charge in [-0.2, -0.15) is 0 Å². The molecule has 0 fully saturated rings. The third-order valence-corrected chi connectivity index (χ3v) is 3.49. The van der Waals surface area contributed by atoms with Crippen LogP contribution in [0.25, 0.3) is 11.1 Å². The zero-order chi connectivity index (χ0) is 15.5. The van der Waals surface area contributed by atoms with Gasteiger partial charge in [-0.3, -0.25) is 4.79 Å². The Morgan fingerprint density at radius 3 is 2.43 bits per heavy atom. The van der Waals surface area contributed by atoms with E-state index in [9.17, 15) is 9.90 Å². The molecule has 0 heterocycles. The fourth-order valence-electron chi connectivity index (χ4n) is 1.92. The summed E-state index contributed by atoms with van der Waals surface area (Å²) in [6, 6.07) is 15.1. The van der Waals surface area contributed by atoms with Crippen molar-refractivity contribution in [2.75, 3.05) is 6.61 Å². The van der Waals surface area contributed by atoms with Crippen molar-refractivity contribution < 1.29 is 9.90 Å². The molecule has 0 aliphatic carbocycles. The van der Waals surface area contributed by atoms with E-state index in [0.717, 1.165) is 11.1 Å². The minimum absolute atomic E-state index is 0.144. The molecule has 0 saturated heterocycles. The number of halogens is 1. The fourth-order valence-corrected chi connectivity index (χ4v) is 2.13. The summed E-state index contributed by atoms with van der Waals surface area (Å²) >= 11 is 6.13.